The molecule has 6 fully saturated rings. The number of amides is 12. The molecule has 6 aliphatic heterocycles. The zero-order valence-corrected chi connectivity index (χ0v) is 46.4. The molecule has 0 spiro atoms. The fourth-order valence-corrected chi connectivity index (χ4v) is 7.00. The summed E-state index contributed by atoms with van der Waals surface area (Å²) in [6.07, 6.45) is 11.8. The summed E-state index contributed by atoms with van der Waals surface area (Å²) in [4.78, 5) is 81.3. The van der Waals surface area contributed by atoms with Crippen LogP contribution in [0.4, 0.5) is 28.8 Å². The van der Waals surface area contributed by atoms with Crippen molar-refractivity contribution < 1.29 is 28.8 Å². The van der Waals surface area contributed by atoms with Gasteiger partial charge in [-0.1, -0.05) is 55.4 Å². The lowest BCUT2D eigenvalue weighted by Gasteiger charge is -2.31. The molecule has 6 saturated heterocycles. The zero-order chi connectivity index (χ0) is 52.7. The average molecular weight is 975 g/mol. The van der Waals surface area contributed by atoms with Gasteiger partial charge in [0.1, 0.15) is 0 Å². The summed E-state index contributed by atoms with van der Waals surface area (Å²) in [6, 6.07) is 0.343. The second-order valence-corrected chi connectivity index (χ2v) is 15.4. The van der Waals surface area contributed by atoms with Crippen LogP contribution in [0.3, 0.4) is 0 Å². The van der Waals surface area contributed by atoms with Crippen molar-refractivity contribution in [2.75, 3.05) is 161 Å². The van der Waals surface area contributed by atoms with Gasteiger partial charge < -0.3 is 71.1 Å². The molecular formula is C48H106N14O6. The van der Waals surface area contributed by atoms with Gasteiger partial charge in [0.15, 0.2) is 0 Å². The molecule has 6 rings (SSSR count). The van der Waals surface area contributed by atoms with Crippen LogP contribution < -0.4 is 31.9 Å². The van der Waals surface area contributed by atoms with Crippen LogP contribution in [0, 0.1) is 0 Å². The van der Waals surface area contributed by atoms with Crippen LogP contribution in [-0.4, -0.2) is 236 Å². The number of hydrogen-bond acceptors (Lipinski definition) is 8. The molecule has 404 valence electrons. The Morgan fingerprint density at radius 3 is 0.515 bits per heavy atom. The second-order valence-electron chi connectivity index (χ2n) is 15.4. The molecule has 6 aliphatic rings. The normalized spacial score (nSPS) is 17.1. The van der Waals surface area contributed by atoms with Crippen molar-refractivity contribution in [1.29, 1.82) is 0 Å². The van der Waals surface area contributed by atoms with Gasteiger partial charge in [-0.25, -0.2) is 28.8 Å². The van der Waals surface area contributed by atoms with E-state index < -0.39 is 0 Å². The molecule has 12 amide bonds. The minimum atomic E-state index is 0.0399. The zero-order valence-electron chi connectivity index (χ0n) is 46.4. The van der Waals surface area contributed by atoms with E-state index in [4.69, 9.17) is 0 Å². The van der Waals surface area contributed by atoms with Crippen molar-refractivity contribution in [2.24, 2.45) is 0 Å². The largest absolute Gasteiger partial charge is 0.341 e. The van der Waals surface area contributed by atoms with Crippen molar-refractivity contribution in [3.05, 3.63) is 0 Å². The molecule has 0 aliphatic carbocycles. The lowest BCUT2D eigenvalue weighted by atomic mass is 10.1. The first-order chi connectivity index (χ1) is 32.8. The van der Waals surface area contributed by atoms with E-state index >= 15 is 0 Å². The molecule has 0 bridgehead atoms. The highest BCUT2D eigenvalue weighted by atomic mass is 16.2. The second kappa shape index (κ2) is 49.0. The molecule has 0 aromatic carbocycles. The maximum Gasteiger partial charge on any atom is 0.317 e. The average Bonchev–Trinajstić information content (AvgIpc) is 4.18. The molecule has 0 radical (unpaired) electrons. The smallest absolute Gasteiger partial charge is 0.317 e. The number of nitrogens with zero attached hydrogens (tertiary/aromatic N) is 8. The lowest BCUT2D eigenvalue weighted by molar-refractivity contribution is 0.155. The van der Waals surface area contributed by atoms with Crippen LogP contribution in [0.5, 0.6) is 0 Å². The summed E-state index contributed by atoms with van der Waals surface area (Å²) in [5.41, 5.74) is 0. The van der Waals surface area contributed by atoms with E-state index in [-0.39, 0.29) is 36.2 Å². The predicted molar refractivity (Wildman–Crippen MR) is 283 cm³/mol. The van der Waals surface area contributed by atoms with E-state index in [1.165, 1.54) is 12.8 Å². The third-order valence-corrected chi connectivity index (χ3v) is 10.9. The molecule has 0 saturated carbocycles. The standard InChI is InChI=1S/2C7H15N3O.2C7H14N2O.2C6H12N2O.4C2H6/c2*1-8-7(11)10-5-3-9(2)4-6-10;2*1-8-7(10)9-5-3-2-4-6-9;2*1-7-6(9)8-4-2-3-5-8;4*1-2/h2*3-6H2,1-2H3,(H,8,11);2*2-6H2,1H3,(H,8,10);2*2-5H2,1H3,(H,7,9);4*1-2H3. The Bertz CT molecular complexity index is 1120. The van der Waals surface area contributed by atoms with E-state index in [1.54, 1.807) is 42.3 Å². The minimum Gasteiger partial charge on any atom is -0.341 e. The van der Waals surface area contributed by atoms with Crippen LogP contribution >= 0.6 is 0 Å². The summed E-state index contributed by atoms with van der Waals surface area (Å²) < 4.78 is 0. The first-order valence-corrected chi connectivity index (χ1v) is 26.0. The molecule has 20 nitrogen and oxygen atoms in total. The topological polar surface area (TPSA) is 201 Å². The third kappa shape index (κ3) is 33.9. The summed E-state index contributed by atoms with van der Waals surface area (Å²) in [5.74, 6) is 0. The first-order valence-electron chi connectivity index (χ1n) is 26.0. The Balaban J connectivity index is -0.000000351. The summed E-state index contributed by atoms with van der Waals surface area (Å²) in [7, 11) is 14.2. The van der Waals surface area contributed by atoms with Gasteiger partial charge in [-0.3, -0.25) is 0 Å². The van der Waals surface area contributed by atoms with Gasteiger partial charge in [-0.15, -0.1) is 0 Å². The molecule has 0 atom stereocenters. The maximum absolute atomic E-state index is 11.1. The van der Waals surface area contributed by atoms with Crippen molar-refractivity contribution >= 4 is 36.2 Å². The van der Waals surface area contributed by atoms with Crippen LogP contribution in [0.1, 0.15) is 120 Å². The van der Waals surface area contributed by atoms with Gasteiger partial charge in [0.25, 0.3) is 0 Å². The number of likely N-dealkylation sites (N-methyl/N-ethyl adjacent to an activating group) is 2. The third-order valence-electron chi connectivity index (χ3n) is 10.9. The Morgan fingerprint density at radius 1 is 0.235 bits per heavy atom. The van der Waals surface area contributed by atoms with E-state index in [9.17, 15) is 28.8 Å². The molecule has 6 N–H and O–H groups in total. The number of rotatable bonds is 0. The predicted octanol–water partition coefficient (Wildman–Crippen LogP) is 5.72. The molecule has 68 heavy (non-hydrogen) atoms. The van der Waals surface area contributed by atoms with Gasteiger partial charge in [0.05, 0.1) is 0 Å². The number of likely N-dealkylation sites (tertiary alicyclic amines) is 4. The highest BCUT2D eigenvalue weighted by Gasteiger charge is 2.19. The summed E-state index contributed by atoms with van der Waals surface area (Å²) in [6.45, 7) is 30.7. The highest BCUT2D eigenvalue weighted by Crippen LogP contribution is 2.09. The number of carbonyl (C=O) groups excluding carboxylic acids is 6. The Labute approximate surface area is 415 Å². The van der Waals surface area contributed by atoms with Crippen LogP contribution in [0.25, 0.3) is 0 Å². The van der Waals surface area contributed by atoms with E-state index in [0.29, 0.717) is 0 Å². The molecule has 20 heteroatoms. The van der Waals surface area contributed by atoms with E-state index in [0.717, 1.165) is 156 Å². The quantitative estimate of drug-likeness (QED) is 0.177. The number of urea groups is 6. The summed E-state index contributed by atoms with van der Waals surface area (Å²) >= 11 is 0. The SMILES string of the molecule is CC.CC.CC.CC.CNC(=O)N1CCCC1.CNC(=O)N1CCCC1.CNC(=O)N1CCCCC1.CNC(=O)N1CCCCC1.CNC(=O)N1CCN(C)CC1.CNC(=O)N1CCN(C)CC1. The van der Waals surface area contributed by atoms with Crippen LogP contribution in [-0.2, 0) is 0 Å². The number of piperazine rings is 2. The van der Waals surface area contributed by atoms with Crippen LogP contribution in [0.15, 0.2) is 0 Å². The lowest BCUT2D eigenvalue weighted by Crippen LogP contribution is -2.49. The van der Waals surface area contributed by atoms with E-state index in [2.05, 4.69) is 55.8 Å². The Morgan fingerprint density at radius 2 is 0.368 bits per heavy atom. The van der Waals surface area contributed by atoms with Crippen molar-refractivity contribution in [3.63, 3.8) is 0 Å². The van der Waals surface area contributed by atoms with Crippen molar-refractivity contribution in [3.8, 4) is 0 Å². The minimum absolute atomic E-state index is 0.0399. The highest BCUT2D eigenvalue weighted by molar-refractivity contribution is 5.75. The number of carbonyl (C=O) groups is 6. The van der Waals surface area contributed by atoms with Gasteiger partial charge in [-0.2, -0.15) is 0 Å². The van der Waals surface area contributed by atoms with Gasteiger partial charge in [-0.05, 0) is 78.3 Å². The fraction of sp³-hybridized carbons (Fsp3) is 0.875. The molecule has 6 heterocycles. The maximum atomic E-state index is 11.1. The Hall–Kier alpha value is -4.46. The number of piperidine rings is 2. The van der Waals surface area contributed by atoms with Crippen LogP contribution in [0.2, 0.25) is 0 Å². The molecule has 0 aromatic heterocycles. The monoisotopic (exact) mass is 975 g/mol. The molecule has 0 aromatic rings. The Kier molecular flexibility index (Phi) is 50.5. The summed E-state index contributed by atoms with van der Waals surface area (Å²) in [5, 5.41) is 15.7. The number of nitrogens with one attached hydrogen (secondary N) is 6. The fourth-order valence-electron chi connectivity index (χ4n) is 7.00. The van der Waals surface area contributed by atoms with Gasteiger partial charge >= 0.3 is 36.2 Å². The van der Waals surface area contributed by atoms with Gasteiger partial charge in [0, 0.05) is 147 Å². The van der Waals surface area contributed by atoms with Gasteiger partial charge in [0.2, 0.25) is 0 Å². The molecule has 0 unspecified atom stereocenters. The first kappa shape index (κ1) is 70.1. The number of hydrogen-bond donors (Lipinski definition) is 6. The van der Waals surface area contributed by atoms with E-state index in [1.807, 2.05) is 84.8 Å². The van der Waals surface area contributed by atoms with Crippen molar-refractivity contribution in [2.45, 2.75) is 120 Å². The van der Waals surface area contributed by atoms with Crippen molar-refractivity contribution in [1.82, 2.24) is 71.1 Å². The molecular weight excluding hydrogens is 869 g/mol.